The molecule has 2 rings (SSSR count). The Morgan fingerprint density at radius 1 is 1.10 bits per heavy atom. The van der Waals surface area contributed by atoms with E-state index in [0.29, 0.717) is 22.7 Å². The van der Waals surface area contributed by atoms with Crippen molar-refractivity contribution in [1.82, 2.24) is 0 Å². The lowest BCUT2D eigenvalue weighted by molar-refractivity contribution is 0.0990. The fourth-order valence-corrected chi connectivity index (χ4v) is 2.01. The maximum Gasteiger partial charge on any atom is 0.170 e. The average Bonchev–Trinajstić information content (AvgIpc) is 2.46. The highest BCUT2D eigenvalue weighted by Gasteiger charge is 2.14. The molecule has 2 N–H and O–H groups in total. The van der Waals surface area contributed by atoms with Gasteiger partial charge in [0.2, 0.25) is 0 Å². The number of rotatable bonds is 5. The van der Waals surface area contributed by atoms with Gasteiger partial charge < -0.3 is 15.2 Å². The average molecular weight is 271 g/mol. The Labute approximate surface area is 118 Å². The summed E-state index contributed by atoms with van der Waals surface area (Å²) in [6.07, 6.45) is 0.285. The number of nitrogen functional groups attached to an aromatic ring is 1. The number of Topliss-reactive ketones (excluding diaryl/α,β-unsaturated/α-hetero) is 1. The smallest absolute Gasteiger partial charge is 0.170 e. The number of ether oxygens (including phenoxy) is 2. The standard InChI is InChI=1S/C16H17NO3/c1-19-13-6-7-14(16(10-13)20-2)15(18)9-11-4-3-5-12(17)8-11/h3-8,10H,9,17H2,1-2H3. The van der Waals surface area contributed by atoms with Crippen molar-refractivity contribution in [3.05, 3.63) is 53.6 Å². The van der Waals surface area contributed by atoms with Gasteiger partial charge in [-0.3, -0.25) is 4.79 Å². The van der Waals surface area contributed by atoms with Gasteiger partial charge in [0.25, 0.3) is 0 Å². The van der Waals surface area contributed by atoms with Gasteiger partial charge in [0.15, 0.2) is 5.78 Å². The zero-order valence-corrected chi connectivity index (χ0v) is 11.6. The molecule has 0 spiro atoms. The first-order chi connectivity index (χ1) is 9.63. The minimum absolute atomic E-state index is 0.0184. The fourth-order valence-electron chi connectivity index (χ4n) is 2.01. The van der Waals surface area contributed by atoms with E-state index in [1.807, 2.05) is 12.1 Å². The highest BCUT2D eigenvalue weighted by atomic mass is 16.5. The van der Waals surface area contributed by atoms with E-state index in [2.05, 4.69) is 0 Å². The highest BCUT2D eigenvalue weighted by Crippen LogP contribution is 2.26. The number of hydrogen-bond acceptors (Lipinski definition) is 4. The molecular weight excluding hydrogens is 254 g/mol. The molecule has 0 aliphatic rings. The van der Waals surface area contributed by atoms with Crippen LogP contribution in [0.5, 0.6) is 11.5 Å². The number of anilines is 1. The van der Waals surface area contributed by atoms with Crippen molar-refractivity contribution >= 4 is 11.5 Å². The van der Waals surface area contributed by atoms with Crippen molar-refractivity contribution in [2.75, 3.05) is 20.0 Å². The minimum atomic E-state index is -0.0184. The van der Waals surface area contributed by atoms with Gasteiger partial charge in [0.05, 0.1) is 19.8 Å². The van der Waals surface area contributed by atoms with Crippen molar-refractivity contribution in [3.63, 3.8) is 0 Å². The van der Waals surface area contributed by atoms with Crippen LogP contribution < -0.4 is 15.2 Å². The first kappa shape index (κ1) is 13.9. The summed E-state index contributed by atoms with van der Waals surface area (Å²) < 4.78 is 10.4. The van der Waals surface area contributed by atoms with Crippen LogP contribution in [0.15, 0.2) is 42.5 Å². The van der Waals surface area contributed by atoms with Crippen LogP contribution in [0.4, 0.5) is 5.69 Å². The third-order valence-corrected chi connectivity index (χ3v) is 3.02. The molecule has 4 heteroatoms. The summed E-state index contributed by atoms with van der Waals surface area (Å²) in [5, 5.41) is 0. The second-order valence-corrected chi connectivity index (χ2v) is 4.41. The summed E-state index contributed by atoms with van der Waals surface area (Å²) in [5.41, 5.74) is 7.78. The van der Waals surface area contributed by atoms with Gasteiger partial charge in [-0.25, -0.2) is 0 Å². The van der Waals surface area contributed by atoms with E-state index in [9.17, 15) is 4.79 Å². The Kier molecular flexibility index (Phi) is 4.25. The van der Waals surface area contributed by atoms with E-state index < -0.39 is 0 Å². The molecular formula is C16H17NO3. The highest BCUT2D eigenvalue weighted by molar-refractivity contribution is 6.00. The summed E-state index contributed by atoms with van der Waals surface area (Å²) in [4.78, 5) is 12.3. The van der Waals surface area contributed by atoms with Crippen LogP contribution in [0.2, 0.25) is 0 Å². The second-order valence-electron chi connectivity index (χ2n) is 4.41. The Bertz CT molecular complexity index is 623. The fraction of sp³-hybridized carbons (Fsp3) is 0.188. The topological polar surface area (TPSA) is 61.5 Å². The summed E-state index contributed by atoms with van der Waals surface area (Å²) in [6.45, 7) is 0. The Balaban J connectivity index is 2.25. The molecule has 0 fully saturated rings. The predicted octanol–water partition coefficient (Wildman–Crippen LogP) is 2.71. The third kappa shape index (κ3) is 3.09. The minimum Gasteiger partial charge on any atom is -0.497 e. The number of carbonyl (C=O) groups is 1. The maximum atomic E-state index is 12.3. The van der Waals surface area contributed by atoms with Crippen LogP contribution in [0.25, 0.3) is 0 Å². The molecule has 0 heterocycles. The molecule has 0 bridgehead atoms. The van der Waals surface area contributed by atoms with Gasteiger partial charge in [-0.15, -0.1) is 0 Å². The van der Waals surface area contributed by atoms with Gasteiger partial charge >= 0.3 is 0 Å². The molecule has 0 aromatic heterocycles. The Hall–Kier alpha value is -2.49. The third-order valence-electron chi connectivity index (χ3n) is 3.02. The molecule has 2 aromatic carbocycles. The molecule has 0 aliphatic carbocycles. The van der Waals surface area contributed by atoms with Gasteiger partial charge in [0.1, 0.15) is 11.5 Å². The van der Waals surface area contributed by atoms with E-state index in [0.717, 1.165) is 5.56 Å². The predicted molar refractivity (Wildman–Crippen MR) is 78.4 cm³/mol. The monoisotopic (exact) mass is 271 g/mol. The molecule has 0 radical (unpaired) electrons. The zero-order valence-electron chi connectivity index (χ0n) is 11.6. The summed E-state index contributed by atoms with van der Waals surface area (Å²) >= 11 is 0. The number of hydrogen-bond donors (Lipinski definition) is 1. The van der Waals surface area contributed by atoms with Crippen LogP contribution in [0.1, 0.15) is 15.9 Å². The molecule has 0 saturated carbocycles. The van der Waals surface area contributed by atoms with Gasteiger partial charge in [-0.1, -0.05) is 12.1 Å². The molecule has 4 nitrogen and oxygen atoms in total. The van der Waals surface area contributed by atoms with Crippen LogP contribution in [0, 0.1) is 0 Å². The van der Waals surface area contributed by atoms with E-state index in [4.69, 9.17) is 15.2 Å². The van der Waals surface area contributed by atoms with Crippen molar-refractivity contribution in [1.29, 1.82) is 0 Å². The Morgan fingerprint density at radius 3 is 2.55 bits per heavy atom. The lowest BCUT2D eigenvalue weighted by Gasteiger charge is -2.09. The van der Waals surface area contributed by atoms with Crippen LogP contribution >= 0.6 is 0 Å². The first-order valence-electron chi connectivity index (χ1n) is 6.23. The molecule has 0 aliphatic heterocycles. The van der Waals surface area contributed by atoms with Crippen LogP contribution in [0.3, 0.4) is 0 Å². The normalized spacial score (nSPS) is 10.1. The molecule has 104 valence electrons. The van der Waals surface area contributed by atoms with Crippen molar-refractivity contribution in [3.8, 4) is 11.5 Å². The number of ketones is 1. The van der Waals surface area contributed by atoms with Crippen molar-refractivity contribution in [2.45, 2.75) is 6.42 Å². The number of benzene rings is 2. The number of methoxy groups -OCH3 is 2. The molecule has 2 aromatic rings. The van der Waals surface area contributed by atoms with Gasteiger partial charge in [0, 0.05) is 18.2 Å². The van der Waals surface area contributed by atoms with Gasteiger partial charge in [-0.2, -0.15) is 0 Å². The van der Waals surface area contributed by atoms with Gasteiger partial charge in [-0.05, 0) is 29.8 Å². The van der Waals surface area contributed by atoms with Crippen LogP contribution in [-0.4, -0.2) is 20.0 Å². The van der Waals surface area contributed by atoms with Crippen LogP contribution in [-0.2, 0) is 6.42 Å². The maximum absolute atomic E-state index is 12.3. The summed E-state index contributed by atoms with van der Waals surface area (Å²) in [6, 6.07) is 12.5. The Morgan fingerprint density at radius 2 is 1.90 bits per heavy atom. The molecule has 0 unspecified atom stereocenters. The first-order valence-corrected chi connectivity index (χ1v) is 6.23. The summed E-state index contributed by atoms with van der Waals surface area (Å²) in [7, 11) is 3.11. The quantitative estimate of drug-likeness (QED) is 0.671. The lowest BCUT2D eigenvalue weighted by Crippen LogP contribution is -2.06. The summed E-state index contributed by atoms with van der Waals surface area (Å²) in [5.74, 6) is 1.15. The molecule has 0 saturated heterocycles. The zero-order chi connectivity index (χ0) is 14.5. The molecule has 20 heavy (non-hydrogen) atoms. The number of nitrogens with two attached hydrogens (primary N) is 1. The van der Waals surface area contributed by atoms with Crippen molar-refractivity contribution in [2.24, 2.45) is 0 Å². The molecule has 0 atom stereocenters. The lowest BCUT2D eigenvalue weighted by atomic mass is 10.0. The van der Waals surface area contributed by atoms with E-state index >= 15 is 0 Å². The van der Waals surface area contributed by atoms with Crippen molar-refractivity contribution < 1.29 is 14.3 Å². The largest absolute Gasteiger partial charge is 0.497 e. The SMILES string of the molecule is COc1ccc(C(=O)Cc2cccc(N)c2)c(OC)c1. The van der Waals surface area contributed by atoms with E-state index in [1.54, 1.807) is 37.4 Å². The van der Waals surface area contributed by atoms with E-state index in [1.165, 1.54) is 7.11 Å². The number of carbonyl (C=O) groups excluding carboxylic acids is 1. The second kappa shape index (κ2) is 6.10. The van der Waals surface area contributed by atoms with E-state index in [-0.39, 0.29) is 12.2 Å². The molecule has 0 amide bonds.